The molecule has 2 aromatic rings. The number of aromatic nitrogens is 3. The van der Waals surface area contributed by atoms with E-state index in [4.69, 9.17) is 10.00 Å². The Morgan fingerprint density at radius 2 is 2.17 bits per heavy atom. The summed E-state index contributed by atoms with van der Waals surface area (Å²) in [6, 6.07) is 8.17. The van der Waals surface area contributed by atoms with Crippen LogP contribution < -0.4 is 10.6 Å². The van der Waals surface area contributed by atoms with Crippen LogP contribution in [0.3, 0.4) is 0 Å². The smallest absolute Gasteiger partial charge is 0.407 e. The normalized spacial score (nSPS) is 26.6. The van der Waals surface area contributed by atoms with Crippen molar-refractivity contribution in [3.8, 4) is 6.07 Å². The number of carbonyl (C=O) groups excluding carboxylic acids is 1. The monoisotopic (exact) mass is 398 g/mol. The molecule has 1 amide bonds. The van der Waals surface area contributed by atoms with E-state index in [0.29, 0.717) is 12.8 Å². The highest BCUT2D eigenvalue weighted by atomic mass is 19.1. The van der Waals surface area contributed by atoms with E-state index in [9.17, 15) is 9.18 Å². The highest BCUT2D eigenvalue weighted by Crippen LogP contribution is 2.42. The topological polar surface area (TPSA) is 105 Å². The minimum atomic E-state index is -0.450. The van der Waals surface area contributed by atoms with E-state index in [0.717, 1.165) is 31.5 Å². The lowest BCUT2D eigenvalue weighted by Crippen LogP contribution is -2.46. The van der Waals surface area contributed by atoms with Crippen molar-refractivity contribution in [3.05, 3.63) is 47.5 Å². The number of rotatable bonds is 4. The third-order valence-electron chi connectivity index (χ3n) is 5.66. The molecule has 4 unspecified atom stereocenters. The van der Waals surface area contributed by atoms with Gasteiger partial charge < -0.3 is 15.4 Å². The fraction of sp³-hybridized carbons (Fsp3) is 0.500. The molecule has 1 aliphatic carbocycles. The van der Waals surface area contributed by atoms with Gasteiger partial charge in [0.05, 0.1) is 12.2 Å². The minimum Gasteiger partial charge on any atom is -0.444 e. The standard InChI is InChI=1S/C20H23FN6O2/c21-15-5-3-13(4-6-15)14-8-18(27-12-17(10-22)25-26-27)19(9-14)29-20(28)24-16-2-1-7-23-11-16/h3-6,12,14,16,18-19,23H,1-2,7-9,11H2,(H,24,28). The lowest BCUT2D eigenvalue weighted by Gasteiger charge is -2.25. The minimum absolute atomic E-state index is 0.0561. The van der Waals surface area contributed by atoms with Gasteiger partial charge in [-0.3, -0.25) is 0 Å². The summed E-state index contributed by atoms with van der Waals surface area (Å²) in [5.74, 6) is -0.198. The molecule has 4 rings (SSSR count). The molecule has 152 valence electrons. The number of carbonyl (C=O) groups is 1. The number of alkyl carbamates (subject to hydrolysis) is 1. The molecule has 2 fully saturated rings. The molecule has 0 radical (unpaired) electrons. The fourth-order valence-electron chi connectivity index (χ4n) is 4.19. The maximum Gasteiger partial charge on any atom is 0.407 e. The molecule has 9 heteroatoms. The molecule has 8 nitrogen and oxygen atoms in total. The molecular weight excluding hydrogens is 375 g/mol. The zero-order chi connectivity index (χ0) is 20.2. The number of halogens is 1. The maximum atomic E-state index is 13.3. The van der Waals surface area contributed by atoms with Crippen molar-refractivity contribution in [1.82, 2.24) is 25.6 Å². The summed E-state index contributed by atoms with van der Waals surface area (Å²) in [5.41, 5.74) is 1.20. The fourth-order valence-corrected chi connectivity index (χ4v) is 4.19. The number of amides is 1. The van der Waals surface area contributed by atoms with Crippen molar-refractivity contribution in [2.75, 3.05) is 13.1 Å². The first-order valence-corrected chi connectivity index (χ1v) is 9.87. The summed E-state index contributed by atoms with van der Waals surface area (Å²) in [6.07, 6.45) is 3.88. The molecular formula is C20H23FN6O2. The van der Waals surface area contributed by atoms with Crippen molar-refractivity contribution in [2.45, 2.75) is 49.8 Å². The van der Waals surface area contributed by atoms with Gasteiger partial charge in [0.25, 0.3) is 0 Å². The zero-order valence-corrected chi connectivity index (χ0v) is 15.9. The van der Waals surface area contributed by atoms with Gasteiger partial charge >= 0.3 is 6.09 Å². The van der Waals surface area contributed by atoms with Crippen molar-refractivity contribution in [1.29, 1.82) is 5.26 Å². The van der Waals surface area contributed by atoms with Gasteiger partial charge in [-0.05, 0) is 55.8 Å². The van der Waals surface area contributed by atoms with Crippen LogP contribution in [0.15, 0.2) is 30.5 Å². The quantitative estimate of drug-likeness (QED) is 0.819. The van der Waals surface area contributed by atoms with Gasteiger partial charge in [-0.2, -0.15) is 5.26 Å². The number of nitrogens with one attached hydrogen (secondary N) is 2. The number of piperidine rings is 1. The third kappa shape index (κ3) is 4.54. The average Bonchev–Trinajstić information content (AvgIpc) is 3.36. The second-order valence-corrected chi connectivity index (χ2v) is 7.61. The van der Waals surface area contributed by atoms with E-state index in [2.05, 4.69) is 20.9 Å². The molecule has 1 saturated carbocycles. The average molecular weight is 398 g/mol. The van der Waals surface area contributed by atoms with Crippen molar-refractivity contribution in [3.63, 3.8) is 0 Å². The van der Waals surface area contributed by atoms with E-state index in [-0.39, 0.29) is 29.5 Å². The van der Waals surface area contributed by atoms with Gasteiger partial charge in [0.2, 0.25) is 0 Å². The van der Waals surface area contributed by atoms with Gasteiger partial charge in [-0.1, -0.05) is 17.3 Å². The Morgan fingerprint density at radius 1 is 1.34 bits per heavy atom. The van der Waals surface area contributed by atoms with E-state index >= 15 is 0 Å². The zero-order valence-electron chi connectivity index (χ0n) is 15.9. The van der Waals surface area contributed by atoms with Crippen molar-refractivity contribution in [2.24, 2.45) is 0 Å². The molecule has 0 spiro atoms. The number of nitriles is 1. The van der Waals surface area contributed by atoms with E-state index in [1.54, 1.807) is 23.0 Å². The molecule has 4 atom stereocenters. The lowest BCUT2D eigenvalue weighted by atomic mass is 9.97. The highest BCUT2D eigenvalue weighted by Gasteiger charge is 2.40. The molecule has 1 saturated heterocycles. The molecule has 1 aliphatic heterocycles. The Bertz CT molecular complexity index is 887. The van der Waals surface area contributed by atoms with Crippen LogP contribution in [-0.4, -0.2) is 46.3 Å². The molecule has 0 bridgehead atoms. The third-order valence-corrected chi connectivity index (χ3v) is 5.66. The molecule has 2 heterocycles. The predicted molar refractivity (Wildman–Crippen MR) is 101 cm³/mol. The van der Waals surface area contributed by atoms with E-state index in [1.165, 1.54) is 12.1 Å². The second kappa shape index (κ2) is 8.57. The van der Waals surface area contributed by atoms with Crippen LogP contribution in [0.5, 0.6) is 0 Å². The molecule has 2 N–H and O–H groups in total. The van der Waals surface area contributed by atoms with Crippen LogP contribution in [0.1, 0.15) is 48.9 Å². The van der Waals surface area contributed by atoms with Crippen LogP contribution in [0, 0.1) is 17.1 Å². The summed E-state index contributed by atoms with van der Waals surface area (Å²) < 4.78 is 20.7. The number of hydrogen-bond acceptors (Lipinski definition) is 6. The maximum absolute atomic E-state index is 13.3. The number of hydrogen-bond donors (Lipinski definition) is 2. The van der Waals surface area contributed by atoms with Crippen molar-refractivity contribution >= 4 is 6.09 Å². The van der Waals surface area contributed by atoms with Gasteiger partial charge in [-0.15, -0.1) is 5.10 Å². The van der Waals surface area contributed by atoms with Gasteiger partial charge in [0.15, 0.2) is 5.69 Å². The SMILES string of the molecule is N#Cc1cn(C2CC(c3ccc(F)cc3)CC2OC(=O)NC2CCCNC2)nn1. The lowest BCUT2D eigenvalue weighted by molar-refractivity contribution is 0.0711. The highest BCUT2D eigenvalue weighted by molar-refractivity contribution is 5.68. The number of benzene rings is 1. The summed E-state index contributed by atoms with van der Waals surface area (Å²) >= 11 is 0. The van der Waals surface area contributed by atoms with Crippen molar-refractivity contribution < 1.29 is 13.9 Å². The van der Waals surface area contributed by atoms with Crippen LogP contribution in [0.25, 0.3) is 0 Å². The summed E-state index contributed by atoms with van der Waals surface area (Å²) in [4.78, 5) is 12.5. The van der Waals surface area contributed by atoms with E-state index in [1.807, 2.05) is 6.07 Å². The van der Waals surface area contributed by atoms with Gasteiger partial charge in [0.1, 0.15) is 18.0 Å². The Balaban J connectivity index is 1.49. The van der Waals surface area contributed by atoms with Crippen LogP contribution in [-0.2, 0) is 4.74 Å². The first-order chi connectivity index (χ1) is 14.1. The summed E-state index contributed by atoms with van der Waals surface area (Å²) in [5, 5.41) is 23.1. The summed E-state index contributed by atoms with van der Waals surface area (Å²) in [7, 11) is 0. The Labute approximate surface area is 168 Å². The Hall–Kier alpha value is -2.99. The molecule has 2 aliphatic rings. The van der Waals surface area contributed by atoms with E-state index < -0.39 is 12.2 Å². The Morgan fingerprint density at radius 3 is 2.86 bits per heavy atom. The molecule has 1 aromatic carbocycles. The Kier molecular flexibility index (Phi) is 5.71. The molecule has 1 aromatic heterocycles. The van der Waals surface area contributed by atoms with Gasteiger partial charge in [0, 0.05) is 12.6 Å². The van der Waals surface area contributed by atoms with Crippen LogP contribution in [0.2, 0.25) is 0 Å². The van der Waals surface area contributed by atoms with Gasteiger partial charge in [-0.25, -0.2) is 13.9 Å². The second-order valence-electron chi connectivity index (χ2n) is 7.61. The number of ether oxygens (including phenoxy) is 1. The molecule has 29 heavy (non-hydrogen) atoms. The first kappa shape index (κ1) is 19.3. The predicted octanol–water partition coefficient (Wildman–Crippen LogP) is 2.25. The van der Waals surface area contributed by atoms with Crippen LogP contribution >= 0.6 is 0 Å². The largest absolute Gasteiger partial charge is 0.444 e. The van der Waals surface area contributed by atoms with Crippen LogP contribution in [0.4, 0.5) is 9.18 Å². The first-order valence-electron chi connectivity index (χ1n) is 9.87. The number of nitrogens with zero attached hydrogens (tertiary/aromatic N) is 4. The summed E-state index contributed by atoms with van der Waals surface area (Å²) in [6.45, 7) is 1.70.